The normalized spacial score (nSPS) is 11.3. The van der Waals surface area contributed by atoms with Gasteiger partial charge in [-0.1, -0.05) is 23.3 Å². The van der Waals surface area contributed by atoms with Gasteiger partial charge in [-0.05, 0) is 42.8 Å². The first-order chi connectivity index (χ1) is 12.8. The van der Waals surface area contributed by atoms with Crippen molar-refractivity contribution >= 4 is 11.9 Å². The van der Waals surface area contributed by atoms with E-state index in [1.807, 2.05) is 19.1 Å². The third-order valence-electron chi connectivity index (χ3n) is 3.58. The first-order valence-electron chi connectivity index (χ1n) is 7.82. The summed E-state index contributed by atoms with van der Waals surface area (Å²) in [5, 5.41) is 9.73. The van der Waals surface area contributed by atoms with Gasteiger partial charge in [0.25, 0.3) is 5.91 Å². The van der Waals surface area contributed by atoms with Crippen LogP contribution in [0.2, 0.25) is 0 Å². The predicted octanol–water partition coefficient (Wildman–Crippen LogP) is 4.08. The first-order valence-corrected chi connectivity index (χ1v) is 7.82. The van der Waals surface area contributed by atoms with E-state index in [0.717, 1.165) is 17.7 Å². The SMILES string of the molecule is Cc1ccccc1OCC(=O)Nc1nnc(-c2ccc(C(F)(F)F)cc2)o1. The Labute approximate surface area is 152 Å². The molecule has 1 aromatic heterocycles. The highest BCUT2D eigenvalue weighted by Crippen LogP contribution is 2.30. The second kappa shape index (κ2) is 7.48. The maximum atomic E-state index is 12.6. The third kappa shape index (κ3) is 4.63. The molecule has 0 aliphatic heterocycles. The van der Waals surface area contributed by atoms with Crippen LogP contribution in [0.3, 0.4) is 0 Å². The number of alkyl halides is 3. The van der Waals surface area contributed by atoms with E-state index in [0.29, 0.717) is 11.3 Å². The molecule has 0 unspecified atom stereocenters. The van der Waals surface area contributed by atoms with E-state index >= 15 is 0 Å². The average molecular weight is 377 g/mol. The van der Waals surface area contributed by atoms with E-state index in [4.69, 9.17) is 9.15 Å². The summed E-state index contributed by atoms with van der Waals surface area (Å²) >= 11 is 0. The van der Waals surface area contributed by atoms with Crippen molar-refractivity contribution < 1.29 is 27.1 Å². The Balaban J connectivity index is 1.60. The number of amides is 1. The van der Waals surface area contributed by atoms with Crippen LogP contribution in [0.15, 0.2) is 52.9 Å². The van der Waals surface area contributed by atoms with Crippen LogP contribution < -0.4 is 10.1 Å². The van der Waals surface area contributed by atoms with E-state index < -0.39 is 17.6 Å². The van der Waals surface area contributed by atoms with E-state index in [1.165, 1.54) is 12.1 Å². The van der Waals surface area contributed by atoms with Gasteiger partial charge in [-0.25, -0.2) is 0 Å². The lowest BCUT2D eigenvalue weighted by Gasteiger charge is -2.07. The number of anilines is 1. The summed E-state index contributed by atoms with van der Waals surface area (Å²) in [6.45, 7) is 1.59. The molecule has 0 radical (unpaired) electrons. The second-order valence-corrected chi connectivity index (χ2v) is 5.59. The predicted molar refractivity (Wildman–Crippen MR) is 90.0 cm³/mol. The number of nitrogens with zero attached hydrogens (tertiary/aromatic N) is 2. The van der Waals surface area contributed by atoms with Crippen molar-refractivity contribution in [2.75, 3.05) is 11.9 Å². The molecule has 0 saturated heterocycles. The van der Waals surface area contributed by atoms with Crippen LogP contribution in [-0.2, 0) is 11.0 Å². The molecule has 9 heteroatoms. The monoisotopic (exact) mass is 377 g/mol. The number of ether oxygens (including phenoxy) is 1. The van der Waals surface area contributed by atoms with Gasteiger partial charge in [-0.3, -0.25) is 10.1 Å². The third-order valence-corrected chi connectivity index (χ3v) is 3.58. The fraction of sp³-hybridized carbons (Fsp3) is 0.167. The van der Waals surface area contributed by atoms with Crippen molar-refractivity contribution in [3.8, 4) is 17.2 Å². The van der Waals surface area contributed by atoms with Gasteiger partial charge in [0.2, 0.25) is 5.89 Å². The Bertz CT molecular complexity index is 937. The molecule has 1 heterocycles. The van der Waals surface area contributed by atoms with Crippen molar-refractivity contribution in [2.24, 2.45) is 0 Å². The summed E-state index contributed by atoms with van der Waals surface area (Å²) < 4.78 is 48.4. The minimum absolute atomic E-state index is 0.0150. The minimum Gasteiger partial charge on any atom is -0.483 e. The number of halogens is 3. The van der Waals surface area contributed by atoms with Gasteiger partial charge in [0, 0.05) is 5.56 Å². The molecule has 0 bridgehead atoms. The van der Waals surface area contributed by atoms with E-state index in [9.17, 15) is 18.0 Å². The van der Waals surface area contributed by atoms with Gasteiger partial charge in [0.1, 0.15) is 5.75 Å². The first kappa shape index (κ1) is 18.4. The Morgan fingerprint density at radius 1 is 1.11 bits per heavy atom. The number of aromatic nitrogens is 2. The van der Waals surface area contributed by atoms with Gasteiger partial charge in [-0.15, -0.1) is 5.10 Å². The molecule has 0 spiro atoms. The van der Waals surface area contributed by atoms with E-state index in [2.05, 4.69) is 15.5 Å². The summed E-state index contributed by atoms with van der Waals surface area (Å²) in [7, 11) is 0. The van der Waals surface area contributed by atoms with Crippen molar-refractivity contribution in [1.29, 1.82) is 0 Å². The molecule has 1 amide bonds. The van der Waals surface area contributed by atoms with E-state index in [-0.39, 0.29) is 18.5 Å². The van der Waals surface area contributed by atoms with Gasteiger partial charge in [0.05, 0.1) is 5.56 Å². The second-order valence-electron chi connectivity index (χ2n) is 5.59. The number of aryl methyl sites for hydroxylation is 1. The molecule has 6 nitrogen and oxygen atoms in total. The molecule has 3 aromatic rings. The van der Waals surface area contributed by atoms with Crippen molar-refractivity contribution in [3.63, 3.8) is 0 Å². The zero-order valence-electron chi connectivity index (χ0n) is 14.1. The lowest BCUT2D eigenvalue weighted by Crippen LogP contribution is -2.20. The number of para-hydroxylation sites is 1. The van der Waals surface area contributed by atoms with Gasteiger partial charge in [-0.2, -0.15) is 13.2 Å². The lowest BCUT2D eigenvalue weighted by molar-refractivity contribution is -0.137. The van der Waals surface area contributed by atoms with E-state index in [1.54, 1.807) is 12.1 Å². The Morgan fingerprint density at radius 2 is 1.81 bits per heavy atom. The quantitative estimate of drug-likeness (QED) is 0.725. The molecule has 2 aromatic carbocycles. The number of nitrogens with one attached hydrogen (secondary N) is 1. The molecular weight excluding hydrogens is 363 g/mol. The molecule has 0 aliphatic rings. The summed E-state index contributed by atoms with van der Waals surface area (Å²) in [4.78, 5) is 11.9. The highest BCUT2D eigenvalue weighted by molar-refractivity contribution is 5.89. The number of rotatable bonds is 5. The van der Waals surface area contributed by atoms with Crippen LogP contribution in [-0.4, -0.2) is 22.7 Å². The molecule has 1 N–H and O–H groups in total. The number of carbonyl (C=O) groups is 1. The standard InChI is InChI=1S/C18H14F3N3O3/c1-11-4-2-3-5-14(11)26-10-15(25)22-17-24-23-16(27-17)12-6-8-13(9-7-12)18(19,20)21/h2-9H,10H2,1H3,(H,22,24,25). The summed E-state index contributed by atoms with van der Waals surface area (Å²) in [5.41, 5.74) is 0.396. The largest absolute Gasteiger partial charge is 0.483 e. The molecule has 0 saturated carbocycles. The van der Waals surface area contributed by atoms with Crippen molar-refractivity contribution in [2.45, 2.75) is 13.1 Å². The Morgan fingerprint density at radius 3 is 2.48 bits per heavy atom. The average Bonchev–Trinajstić information content (AvgIpc) is 3.09. The minimum atomic E-state index is -4.43. The lowest BCUT2D eigenvalue weighted by atomic mass is 10.1. The van der Waals surface area contributed by atoms with Gasteiger partial charge >= 0.3 is 12.2 Å². The van der Waals surface area contributed by atoms with Gasteiger partial charge < -0.3 is 9.15 Å². The smallest absolute Gasteiger partial charge is 0.416 e. The Kier molecular flexibility index (Phi) is 5.11. The summed E-state index contributed by atoms with van der Waals surface area (Å²) in [6.07, 6.45) is -4.43. The molecule has 0 atom stereocenters. The molecule has 3 rings (SSSR count). The maximum Gasteiger partial charge on any atom is 0.416 e. The summed E-state index contributed by atoms with van der Waals surface area (Å²) in [5.74, 6) is 0.0448. The molecule has 140 valence electrons. The number of carbonyl (C=O) groups excluding carboxylic acids is 1. The van der Waals surface area contributed by atoms with Crippen LogP contribution in [0, 0.1) is 6.92 Å². The Hall–Kier alpha value is -3.36. The molecule has 0 aliphatic carbocycles. The van der Waals surface area contributed by atoms with Crippen LogP contribution in [0.25, 0.3) is 11.5 Å². The highest BCUT2D eigenvalue weighted by atomic mass is 19.4. The number of benzene rings is 2. The fourth-order valence-corrected chi connectivity index (χ4v) is 2.21. The maximum absolute atomic E-state index is 12.6. The van der Waals surface area contributed by atoms with Crippen molar-refractivity contribution in [1.82, 2.24) is 10.2 Å². The van der Waals surface area contributed by atoms with Crippen LogP contribution in [0.5, 0.6) is 5.75 Å². The highest BCUT2D eigenvalue weighted by Gasteiger charge is 2.30. The summed E-state index contributed by atoms with van der Waals surface area (Å²) in [6, 6.07) is 11.3. The zero-order chi connectivity index (χ0) is 19.4. The van der Waals surface area contributed by atoms with Crippen LogP contribution in [0.4, 0.5) is 19.2 Å². The molecule has 0 fully saturated rings. The zero-order valence-corrected chi connectivity index (χ0v) is 14.1. The van der Waals surface area contributed by atoms with Crippen LogP contribution in [0.1, 0.15) is 11.1 Å². The number of hydrogen-bond acceptors (Lipinski definition) is 5. The van der Waals surface area contributed by atoms with Crippen molar-refractivity contribution in [3.05, 3.63) is 59.7 Å². The topological polar surface area (TPSA) is 77.2 Å². The fourth-order valence-electron chi connectivity index (χ4n) is 2.21. The van der Waals surface area contributed by atoms with Crippen LogP contribution >= 0.6 is 0 Å². The molecule has 27 heavy (non-hydrogen) atoms. The van der Waals surface area contributed by atoms with Gasteiger partial charge in [0.15, 0.2) is 6.61 Å². The molecular formula is C18H14F3N3O3. The number of hydrogen-bond donors (Lipinski definition) is 1.